The summed E-state index contributed by atoms with van der Waals surface area (Å²) in [6.07, 6.45) is 1.25. The Morgan fingerprint density at radius 2 is 1.71 bits per heavy atom. The summed E-state index contributed by atoms with van der Waals surface area (Å²) in [6.45, 7) is 1.61. The quantitative estimate of drug-likeness (QED) is 0.595. The number of halogens is 1. The zero-order valence-electron chi connectivity index (χ0n) is 19.2. The number of carbonyl (C=O) groups excluding carboxylic acids is 2. The van der Waals surface area contributed by atoms with Crippen molar-refractivity contribution in [2.24, 2.45) is 5.92 Å². The van der Waals surface area contributed by atoms with Crippen molar-refractivity contribution in [2.45, 2.75) is 31.3 Å². The monoisotopic (exact) mass is 474 g/mol. The summed E-state index contributed by atoms with van der Waals surface area (Å²) in [5.74, 6) is -0.491. The first kappa shape index (κ1) is 22.8. The van der Waals surface area contributed by atoms with Gasteiger partial charge >= 0.3 is 6.03 Å². The Hall–Kier alpha value is -3.94. The van der Waals surface area contributed by atoms with Gasteiger partial charge in [0.05, 0.1) is 0 Å². The number of carbonyl (C=O) groups is 2. The number of nitrogens with zero attached hydrogens (tertiary/aromatic N) is 2. The zero-order chi connectivity index (χ0) is 24.4. The van der Waals surface area contributed by atoms with E-state index in [0.717, 1.165) is 17.7 Å². The number of likely N-dealkylation sites (tertiary alicyclic amines) is 1. The molecule has 5 rings (SSSR count). The summed E-state index contributed by atoms with van der Waals surface area (Å²) in [6, 6.07) is 19.2. The van der Waals surface area contributed by atoms with Crippen LogP contribution < -0.4 is 16.2 Å². The van der Waals surface area contributed by atoms with Gasteiger partial charge in [-0.25, -0.2) is 9.18 Å². The number of hydrogen-bond donors (Lipinski definition) is 2. The average molecular weight is 475 g/mol. The number of amides is 3. The van der Waals surface area contributed by atoms with E-state index in [4.69, 9.17) is 0 Å². The first-order chi connectivity index (χ1) is 17.0. The maximum absolute atomic E-state index is 13.3. The molecule has 1 aromatic heterocycles. The first-order valence-corrected chi connectivity index (χ1v) is 11.8. The molecule has 1 fully saturated rings. The van der Waals surface area contributed by atoms with Gasteiger partial charge in [-0.15, -0.1) is 0 Å². The smallest absolute Gasteiger partial charge is 0.318 e. The molecule has 1 saturated heterocycles. The van der Waals surface area contributed by atoms with Gasteiger partial charge in [-0.1, -0.05) is 36.4 Å². The largest absolute Gasteiger partial charge is 0.326 e. The third-order valence-corrected chi connectivity index (χ3v) is 6.78. The Bertz CT molecular complexity index is 1280. The predicted octanol–water partition coefficient (Wildman–Crippen LogP) is 3.37. The Morgan fingerprint density at radius 1 is 0.943 bits per heavy atom. The molecule has 0 saturated carbocycles. The van der Waals surface area contributed by atoms with E-state index < -0.39 is 11.9 Å². The van der Waals surface area contributed by atoms with Crippen molar-refractivity contribution in [3.63, 3.8) is 0 Å². The van der Waals surface area contributed by atoms with Gasteiger partial charge in [-0.05, 0) is 48.2 Å². The molecule has 3 heterocycles. The Kier molecular flexibility index (Phi) is 6.35. The lowest BCUT2D eigenvalue weighted by atomic mass is 9.83. The van der Waals surface area contributed by atoms with Gasteiger partial charge < -0.3 is 20.1 Å². The fourth-order valence-electron chi connectivity index (χ4n) is 5.12. The molecule has 35 heavy (non-hydrogen) atoms. The van der Waals surface area contributed by atoms with E-state index >= 15 is 0 Å². The average Bonchev–Trinajstić information content (AvgIpc) is 2.86. The summed E-state index contributed by atoms with van der Waals surface area (Å²) < 4.78 is 15.1. The van der Waals surface area contributed by atoms with E-state index in [1.54, 1.807) is 17.0 Å². The normalized spacial score (nSPS) is 19.4. The summed E-state index contributed by atoms with van der Waals surface area (Å²) in [4.78, 5) is 40.5. The summed E-state index contributed by atoms with van der Waals surface area (Å²) in [5.41, 5.74) is 2.32. The number of hydrogen-bond acceptors (Lipinski definition) is 3. The highest BCUT2D eigenvalue weighted by molar-refractivity contribution is 5.97. The van der Waals surface area contributed by atoms with Crippen LogP contribution >= 0.6 is 0 Å². The molecule has 3 amide bonds. The minimum absolute atomic E-state index is 0.00418. The minimum atomic E-state index is -0.813. The van der Waals surface area contributed by atoms with Crippen LogP contribution in [0.3, 0.4) is 0 Å². The van der Waals surface area contributed by atoms with Gasteiger partial charge in [0.2, 0.25) is 5.91 Å². The SMILES string of the molecule is O=C(Nc1ccc(F)cc1)[C@H](Cc1ccccc1)NC(=O)N1C[C@@H]2C[C@@H](C1)c1cccc(=O)n1C2. The zero-order valence-corrected chi connectivity index (χ0v) is 19.2. The van der Waals surface area contributed by atoms with Gasteiger partial charge in [0, 0.05) is 49.4 Å². The second kappa shape index (κ2) is 9.74. The number of anilines is 1. The highest BCUT2D eigenvalue weighted by atomic mass is 19.1. The molecule has 180 valence electrons. The topological polar surface area (TPSA) is 83.4 Å². The molecule has 3 atom stereocenters. The van der Waals surface area contributed by atoms with Gasteiger partial charge in [-0.2, -0.15) is 0 Å². The number of pyridine rings is 1. The maximum atomic E-state index is 13.3. The van der Waals surface area contributed by atoms with Crippen molar-refractivity contribution in [3.05, 3.63) is 100 Å². The van der Waals surface area contributed by atoms with Crippen LogP contribution in [-0.4, -0.2) is 40.5 Å². The molecule has 2 aromatic carbocycles. The summed E-state index contributed by atoms with van der Waals surface area (Å²) >= 11 is 0. The number of nitrogens with one attached hydrogen (secondary N) is 2. The molecule has 0 spiro atoms. The lowest BCUT2D eigenvalue weighted by molar-refractivity contribution is -0.118. The molecular formula is C27H27FN4O3. The van der Waals surface area contributed by atoms with Gasteiger partial charge in [0.25, 0.3) is 5.56 Å². The Balaban J connectivity index is 1.32. The van der Waals surface area contributed by atoms with E-state index in [-0.39, 0.29) is 29.3 Å². The lowest BCUT2D eigenvalue weighted by Gasteiger charge is -2.43. The molecule has 3 aromatic rings. The van der Waals surface area contributed by atoms with Crippen LogP contribution in [-0.2, 0) is 17.8 Å². The highest BCUT2D eigenvalue weighted by Crippen LogP contribution is 2.34. The molecular weight excluding hydrogens is 447 g/mol. The number of urea groups is 1. The van der Waals surface area contributed by atoms with E-state index in [1.165, 1.54) is 24.3 Å². The number of piperidine rings is 1. The Labute approximate surface area is 202 Å². The Morgan fingerprint density at radius 3 is 2.49 bits per heavy atom. The van der Waals surface area contributed by atoms with Crippen molar-refractivity contribution in [2.75, 3.05) is 18.4 Å². The number of aromatic nitrogens is 1. The van der Waals surface area contributed by atoms with Crippen LogP contribution in [0.5, 0.6) is 0 Å². The molecule has 2 N–H and O–H groups in total. The van der Waals surface area contributed by atoms with Crippen LogP contribution in [0.2, 0.25) is 0 Å². The number of fused-ring (bicyclic) bond motifs is 4. The van der Waals surface area contributed by atoms with Crippen molar-refractivity contribution in [1.29, 1.82) is 0 Å². The highest BCUT2D eigenvalue weighted by Gasteiger charge is 2.37. The second-order valence-electron chi connectivity index (χ2n) is 9.29. The number of rotatable bonds is 5. The number of benzene rings is 2. The van der Waals surface area contributed by atoms with Crippen molar-refractivity contribution < 1.29 is 14.0 Å². The maximum Gasteiger partial charge on any atom is 0.318 e. The van der Waals surface area contributed by atoms with E-state index in [0.29, 0.717) is 31.7 Å². The lowest BCUT2D eigenvalue weighted by Crippen LogP contribution is -2.55. The molecule has 2 aliphatic heterocycles. The third-order valence-electron chi connectivity index (χ3n) is 6.78. The fraction of sp³-hybridized carbons (Fsp3) is 0.296. The predicted molar refractivity (Wildman–Crippen MR) is 131 cm³/mol. The fourth-order valence-corrected chi connectivity index (χ4v) is 5.12. The molecule has 8 heteroatoms. The summed E-state index contributed by atoms with van der Waals surface area (Å²) in [7, 11) is 0. The molecule has 0 unspecified atom stereocenters. The van der Waals surface area contributed by atoms with Crippen LogP contribution in [0.1, 0.15) is 23.6 Å². The van der Waals surface area contributed by atoms with Crippen LogP contribution in [0.4, 0.5) is 14.9 Å². The molecule has 0 radical (unpaired) electrons. The standard InChI is InChI=1S/C27H27FN4O3/c28-21-9-11-22(12-10-21)29-26(34)23(14-18-5-2-1-3-6-18)30-27(35)31-15-19-13-20(17-31)24-7-4-8-25(33)32(24)16-19/h1-12,19-20,23H,13-17H2,(H,29,34)(H,30,35)/t19-,20-,23-/m0/s1. The van der Waals surface area contributed by atoms with E-state index in [9.17, 15) is 18.8 Å². The molecule has 2 bridgehead atoms. The van der Waals surface area contributed by atoms with Crippen LogP contribution in [0, 0.1) is 11.7 Å². The van der Waals surface area contributed by atoms with Crippen molar-refractivity contribution >= 4 is 17.6 Å². The molecule has 2 aliphatic rings. The van der Waals surface area contributed by atoms with Gasteiger partial charge in [0.1, 0.15) is 11.9 Å². The van der Waals surface area contributed by atoms with Crippen molar-refractivity contribution in [3.8, 4) is 0 Å². The van der Waals surface area contributed by atoms with Crippen LogP contribution in [0.25, 0.3) is 0 Å². The first-order valence-electron chi connectivity index (χ1n) is 11.8. The molecule has 7 nitrogen and oxygen atoms in total. The van der Waals surface area contributed by atoms with Gasteiger partial charge in [0.15, 0.2) is 0 Å². The van der Waals surface area contributed by atoms with E-state index in [2.05, 4.69) is 10.6 Å². The second-order valence-corrected chi connectivity index (χ2v) is 9.29. The third kappa shape index (κ3) is 5.11. The van der Waals surface area contributed by atoms with Crippen LogP contribution in [0.15, 0.2) is 77.6 Å². The summed E-state index contributed by atoms with van der Waals surface area (Å²) in [5, 5.41) is 5.70. The van der Waals surface area contributed by atoms with E-state index in [1.807, 2.05) is 41.0 Å². The molecule has 0 aliphatic carbocycles. The minimum Gasteiger partial charge on any atom is -0.326 e. The van der Waals surface area contributed by atoms with Crippen molar-refractivity contribution in [1.82, 2.24) is 14.8 Å². The van der Waals surface area contributed by atoms with Gasteiger partial charge in [-0.3, -0.25) is 9.59 Å².